The van der Waals surface area contributed by atoms with Crippen LogP contribution in [0.1, 0.15) is 39.6 Å². The van der Waals surface area contributed by atoms with E-state index < -0.39 is 33.9 Å². The van der Waals surface area contributed by atoms with Crippen molar-refractivity contribution in [2.75, 3.05) is 30.1 Å². The van der Waals surface area contributed by atoms with Gasteiger partial charge < -0.3 is 14.8 Å². The predicted octanol–water partition coefficient (Wildman–Crippen LogP) is 2.75. The standard InChI is InChI=1S/C22H26N2O7S/c1-6-19(24(32(5,28)29)16-10-7-14(2)8-11-16)20(25)23-18-13-15(21(26)30-3)9-12-17(18)22(27)31-4/h7-13,19H,6H2,1-5H3,(H,23,25)/t19-/m0/s1. The molecule has 0 unspecified atom stereocenters. The van der Waals surface area contributed by atoms with Gasteiger partial charge in [-0.05, 0) is 43.7 Å². The molecule has 2 aromatic carbocycles. The van der Waals surface area contributed by atoms with Gasteiger partial charge in [-0.15, -0.1) is 0 Å². The zero-order valence-corrected chi connectivity index (χ0v) is 19.4. The quantitative estimate of drug-likeness (QED) is 0.599. The molecule has 0 aliphatic heterocycles. The van der Waals surface area contributed by atoms with Gasteiger partial charge in [-0.1, -0.05) is 24.6 Å². The molecule has 1 atom stereocenters. The van der Waals surface area contributed by atoms with Crippen LogP contribution in [0.2, 0.25) is 0 Å². The van der Waals surface area contributed by atoms with Gasteiger partial charge in [0.25, 0.3) is 0 Å². The van der Waals surface area contributed by atoms with Crippen molar-refractivity contribution in [3.63, 3.8) is 0 Å². The van der Waals surface area contributed by atoms with Crippen molar-refractivity contribution in [2.45, 2.75) is 26.3 Å². The topological polar surface area (TPSA) is 119 Å². The summed E-state index contributed by atoms with van der Waals surface area (Å²) in [5.74, 6) is -2.07. The minimum absolute atomic E-state index is 0.000516. The molecule has 0 aromatic heterocycles. The molecule has 32 heavy (non-hydrogen) atoms. The molecule has 2 aromatic rings. The number of ether oxygens (including phenoxy) is 2. The molecule has 2 rings (SSSR count). The highest BCUT2D eigenvalue weighted by Crippen LogP contribution is 2.25. The monoisotopic (exact) mass is 462 g/mol. The number of hydrogen-bond acceptors (Lipinski definition) is 7. The Bertz CT molecular complexity index is 1110. The fourth-order valence-electron chi connectivity index (χ4n) is 3.15. The lowest BCUT2D eigenvalue weighted by atomic mass is 10.1. The average Bonchev–Trinajstić information content (AvgIpc) is 2.76. The number of rotatable bonds is 8. The van der Waals surface area contributed by atoms with E-state index in [1.807, 2.05) is 6.92 Å². The smallest absolute Gasteiger partial charge is 0.339 e. The van der Waals surface area contributed by atoms with Crippen molar-refractivity contribution < 1.29 is 32.3 Å². The second-order valence-corrected chi connectivity index (χ2v) is 8.91. The number of anilines is 2. The Morgan fingerprint density at radius 1 is 1.00 bits per heavy atom. The van der Waals surface area contributed by atoms with Gasteiger partial charge in [0.1, 0.15) is 6.04 Å². The number of benzene rings is 2. The van der Waals surface area contributed by atoms with Gasteiger partial charge in [0.15, 0.2) is 0 Å². The molecule has 0 saturated carbocycles. The minimum atomic E-state index is -3.83. The Morgan fingerprint density at radius 2 is 1.59 bits per heavy atom. The summed E-state index contributed by atoms with van der Waals surface area (Å²) in [6, 6.07) is 9.57. The first-order valence-electron chi connectivity index (χ1n) is 9.71. The SMILES string of the molecule is CC[C@@H](C(=O)Nc1cc(C(=O)OC)ccc1C(=O)OC)N(c1ccc(C)cc1)S(C)(=O)=O. The molecule has 10 heteroatoms. The second-order valence-electron chi connectivity index (χ2n) is 7.05. The summed E-state index contributed by atoms with van der Waals surface area (Å²) in [4.78, 5) is 37.3. The summed E-state index contributed by atoms with van der Waals surface area (Å²) >= 11 is 0. The number of carbonyl (C=O) groups excluding carboxylic acids is 3. The Morgan fingerprint density at radius 3 is 2.09 bits per heavy atom. The largest absolute Gasteiger partial charge is 0.465 e. The molecule has 0 aliphatic rings. The Kier molecular flexibility index (Phi) is 7.98. The molecule has 0 heterocycles. The molecule has 0 fully saturated rings. The fraction of sp³-hybridized carbons (Fsp3) is 0.318. The average molecular weight is 463 g/mol. The van der Waals surface area contributed by atoms with Gasteiger partial charge in [0.2, 0.25) is 15.9 Å². The number of carbonyl (C=O) groups is 3. The molecule has 0 saturated heterocycles. The zero-order chi connectivity index (χ0) is 24.1. The van der Waals surface area contributed by atoms with E-state index in [2.05, 4.69) is 10.1 Å². The van der Waals surface area contributed by atoms with Crippen LogP contribution >= 0.6 is 0 Å². The van der Waals surface area contributed by atoms with E-state index in [-0.39, 0.29) is 23.2 Å². The lowest BCUT2D eigenvalue weighted by molar-refractivity contribution is -0.117. The first-order valence-corrected chi connectivity index (χ1v) is 11.6. The van der Waals surface area contributed by atoms with Crippen LogP contribution in [0.4, 0.5) is 11.4 Å². The van der Waals surface area contributed by atoms with Crippen molar-refractivity contribution in [2.24, 2.45) is 0 Å². The van der Waals surface area contributed by atoms with Gasteiger partial charge >= 0.3 is 11.9 Å². The molecule has 9 nitrogen and oxygen atoms in total. The molecule has 0 spiro atoms. The maximum atomic E-state index is 13.2. The number of sulfonamides is 1. The van der Waals surface area contributed by atoms with E-state index in [0.29, 0.717) is 5.69 Å². The van der Waals surface area contributed by atoms with Crippen LogP contribution in [0.3, 0.4) is 0 Å². The second kappa shape index (κ2) is 10.3. The molecular weight excluding hydrogens is 436 g/mol. The predicted molar refractivity (Wildman–Crippen MR) is 120 cm³/mol. The number of aryl methyl sites for hydroxylation is 1. The van der Waals surface area contributed by atoms with Crippen molar-refractivity contribution >= 4 is 39.2 Å². The molecule has 172 valence electrons. The third kappa shape index (κ3) is 5.64. The van der Waals surface area contributed by atoms with Crippen molar-refractivity contribution in [3.8, 4) is 0 Å². The van der Waals surface area contributed by atoms with E-state index >= 15 is 0 Å². The van der Waals surface area contributed by atoms with E-state index in [4.69, 9.17) is 4.74 Å². The Balaban J connectivity index is 2.50. The highest BCUT2D eigenvalue weighted by molar-refractivity contribution is 7.92. The maximum Gasteiger partial charge on any atom is 0.339 e. The van der Waals surface area contributed by atoms with Crippen LogP contribution in [0.15, 0.2) is 42.5 Å². The van der Waals surface area contributed by atoms with Gasteiger partial charge in [0, 0.05) is 0 Å². The summed E-state index contributed by atoms with van der Waals surface area (Å²) in [6.45, 7) is 3.53. The highest BCUT2D eigenvalue weighted by atomic mass is 32.2. The fourth-order valence-corrected chi connectivity index (χ4v) is 4.36. The summed E-state index contributed by atoms with van der Waals surface area (Å²) in [5, 5.41) is 2.58. The first-order chi connectivity index (χ1) is 15.0. The number of nitrogens with zero attached hydrogens (tertiary/aromatic N) is 1. The van der Waals surface area contributed by atoms with Crippen molar-refractivity contribution in [1.82, 2.24) is 0 Å². The van der Waals surface area contributed by atoms with E-state index in [9.17, 15) is 22.8 Å². The number of nitrogens with one attached hydrogen (secondary N) is 1. The first kappa shape index (κ1) is 24.9. The van der Waals surface area contributed by atoms with Gasteiger partial charge in [-0.3, -0.25) is 9.10 Å². The van der Waals surface area contributed by atoms with E-state index in [1.54, 1.807) is 31.2 Å². The summed E-state index contributed by atoms with van der Waals surface area (Å²) in [5.41, 5.74) is 1.37. The van der Waals surface area contributed by atoms with Crippen LogP contribution in [-0.4, -0.2) is 52.8 Å². The molecule has 0 bridgehead atoms. The Labute approximate surface area is 187 Å². The number of amides is 1. The molecule has 1 amide bonds. The number of esters is 2. The van der Waals surface area contributed by atoms with Crippen LogP contribution in [0.25, 0.3) is 0 Å². The minimum Gasteiger partial charge on any atom is -0.465 e. The molecule has 0 aliphatic carbocycles. The lowest BCUT2D eigenvalue weighted by Crippen LogP contribution is -2.47. The highest BCUT2D eigenvalue weighted by Gasteiger charge is 2.32. The lowest BCUT2D eigenvalue weighted by Gasteiger charge is -2.30. The van der Waals surface area contributed by atoms with Crippen LogP contribution in [-0.2, 0) is 24.3 Å². The van der Waals surface area contributed by atoms with Gasteiger partial charge in [0.05, 0.1) is 43.0 Å². The van der Waals surface area contributed by atoms with Crippen molar-refractivity contribution in [3.05, 3.63) is 59.2 Å². The number of hydrogen-bond donors (Lipinski definition) is 1. The van der Waals surface area contributed by atoms with Gasteiger partial charge in [-0.25, -0.2) is 18.0 Å². The third-order valence-corrected chi connectivity index (χ3v) is 5.90. The summed E-state index contributed by atoms with van der Waals surface area (Å²) < 4.78 is 35.6. The van der Waals surface area contributed by atoms with Crippen LogP contribution in [0, 0.1) is 6.92 Å². The summed E-state index contributed by atoms with van der Waals surface area (Å²) in [7, 11) is -1.45. The number of methoxy groups -OCH3 is 2. The maximum absolute atomic E-state index is 13.2. The molecular formula is C22H26N2O7S. The van der Waals surface area contributed by atoms with Gasteiger partial charge in [-0.2, -0.15) is 0 Å². The van der Waals surface area contributed by atoms with Crippen LogP contribution in [0.5, 0.6) is 0 Å². The summed E-state index contributed by atoms with van der Waals surface area (Å²) in [6.07, 6.45) is 1.16. The Hall–Kier alpha value is -3.40. The van der Waals surface area contributed by atoms with E-state index in [1.165, 1.54) is 32.4 Å². The molecule has 0 radical (unpaired) electrons. The van der Waals surface area contributed by atoms with Crippen LogP contribution < -0.4 is 9.62 Å². The normalized spacial score (nSPS) is 11.9. The third-order valence-electron chi connectivity index (χ3n) is 4.72. The molecule has 1 N–H and O–H groups in total. The van der Waals surface area contributed by atoms with Crippen molar-refractivity contribution in [1.29, 1.82) is 0 Å². The van der Waals surface area contributed by atoms with E-state index in [0.717, 1.165) is 16.1 Å². The zero-order valence-electron chi connectivity index (χ0n) is 18.5.